The molecule has 3 aromatic rings. The van der Waals surface area contributed by atoms with E-state index in [1.807, 2.05) is 6.07 Å². The minimum Gasteiger partial charge on any atom is -0.481 e. The van der Waals surface area contributed by atoms with E-state index in [4.69, 9.17) is 20.9 Å². The molecule has 1 heterocycles. The van der Waals surface area contributed by atoms with Gasteiger partial charge in [0.05, 0.1) is 11.6 Å². The lowest BCUT2D eigenvalue weighted by Gasteiger charge is -2.13. The van der Waals surface area contributed by atoms with Crippen LogP contribution in [0.1, 0.15) is 12.8 Å². The molecule has 2 aromatic carbocycles. The number of carbonyl (C=O) groups excluding carboxylic acids is 1. The number of nitrogens with one attached hydrogen (secondary N) is 1. The van der Waals surface area contributed by atoms with E-state index in [0.29, 0.717) is 22.2 Å². The molecule has 0 saturated carbocycles. The number of ether oxygens (including phenoxy) is 1. The predicted molar refractivity (Wildman–Crippen MR) is 93.1 cm³/mol. The molecule has 6 nitrogen and oxygen atoms in total. The van der Waals surface area contributed by atoms with Gasteiger partial charge in [0.15, 0.2) is 6.10 Å². The van der Waals surface area contributed by atoms with Crippen LogP contribution in [0.5, 0.6) is 5.75 Å². The molecule has 0 bridgehead atoms. The van der Waals surface area contributed by atoms with Crippen LogP contribution in [0.15, 0.2) is 53.1 Å². The Balaban J connectivity index is 1.56. The van der Waals surface area contributed by atoms with Gasteiger partial charge in [-0.05, 0) is 43.3 Å². The third-order valence-corrected chi connectivity index (χ3v) is 3.82. The summed E-state index contributed by atoms with van der Waals surface area (Å²) in [6.07, 6.45) is -0.772. The fraction of sp³-hybridized carbons (Fsp3) is 0.167. The molecule has 0 aliphatic rings. The van der Waals surface area contributed by atoms with Crippen LogP contribution in [0.3, 0.4) is 0 Å². The Morgan fingerprint density at radius 1 is 1.27 bits per heavy atom. The Morgan fingerprint density at radius 3 is 2.73 bits per heavy atom. The first-order chi connectivity index (χ1) is 12.5. The van der Waals surface area contributed by atoms with Crippen LogP contribution in [0, 0.1) is 5.82 Å². The first kappa shape index (κ1) is 17.9. The van der Waals surface area contributed by atoms with E-state index in [0.717, 1.165) is 0 Å². The van der Waals surface area contributed by atoms with Gasteiger partial charge in [0.1, 0.15) is 11.6 Å². The minimum absolute atomic E-state index is 0.0490. The molecule has 0 aliphatic carbocycles. The molecule has 3 rings (SSSR count). The molecule has 0 saturated heterocycles. The predicted octanol–water partition coefficient (Wildman–Crippen LogP) is 3.61. The molecule has 0 spiro atoms. The molecule has 26 heavy (non-hydrogen) atoms. The van der Waals surface area contributed by atoms with Crippen molar-refractivity contribution in [2.45, 2.75) is 19.6 Å². The third-order valence-electron chi connectivity index (χ3n) is 3.49. The Kier molecular flexibility index (Phi) is 5.48. The lowest BCUT2D eigenvalue weighted by molar-refractivity contribution is -0.127. The Labute approximate surface area is 153 Å². The molecule has 1 N–H and O–H groups in total. The van der Waals surface area contributed by atoms with E-state index >= 15 is 0 Å². The number of carbonyl (C=O) groups is 1. The molecule has 8 heteroatoms. The van der Waals surface area contributed by atoms with Gasteiger partial charge in [-0.3, -0.25) is 4.79 Å². The van der Waals surface area contributed by atoms with Gasteiger partial charge >= 0.3 is 0 Å². The SMILES string of the molecule is CC(Oc1ccc(F)cc1)C(=O)NCc1nc(-c2ccccc2Cl)no1. The van der Waals surface area contributed by atoms with Crippen LogP contribution >= 0.6 is 11.6 Å². The highest BCUT2D eigenvalue weighted by atomic mass is 35.5. The lowest BCUT2D eigenvalue weighted by atomic mass is 10.2. The number of rotatable bonds is 6. The molecule has 1 aromatic heterocycles. The highest BCUT2D eigenvalue weighted by Crippen LogP contribution is 2.24. The maximum Gasteiger partial charge on any atom is 0.261 e. The van der Waals surface area contributed by atoms with Crippen molar-refractivity contribution in [3.8, 4) is 17.1 Å². The van der Waals surface area contributed by atoms with Crippen molar-refractivity contribution in [3.05, 3.63) is 65.3 Å². The number of halogens is 2. The normalized spacial score (nSPS) is 11.8. The number of benzene rings is 2. The maximum absolute atomic E-state index is 12.9. The fourth-order valence-electron chi connectivity index (χ4n) is 2.16. The van der Waals surface area contributed by atoms with Gasteiger partial charge in [-0.15, -0.1) is 0 Å². The monoisotopic (exact) mass is 375 g/mol. The summed E-state index contributed by atoms with van der Waals surface area (Å²) in [4.78, 5) is 16.3. The van der Waals surface area contributed by atoms with Gasteiger partial charge in [-0.25, -0.2) is 4.39 Å². The highest BCUT2D eigenvalue weighted by molar-refractivity contribution is 6.33. The second-order valence-electron chi connectivity index (χ2n) is 5.42. The molecular formula is C18H15ClFN3O3. The van der Waals surface area contributed by atoms with Gasteiger partial charge < -0.3 is 14.6 Å². The van der Waals surface area contributed by atoms with Crippen molar-refractivity contribution < 1.29 is 18.4 Å². The van der Waals surface area contributed by atoms with Crippen LogP contribution in [0.4, 0.5) is 4.39 Å². The summed E-state index contributed by atoms with van der Waals surface area (Å²) >= 11 is 6.09. The summed E-state index contributed by atoms with van der Waals surface area (Å²) in [6.45, 7) is 1.63. The Morgan fingerprint density at radius 2 is 2.00 bits per heavy atom. The zero-order chi connectivity index (χ0) is 18.5. The average molecular weight is 376 g/mol. The van der Waals surface area contributed by atoms with Gasteiger partial charge in [0, 0.05) is 5.56 Å². The number of hydrogen-bond donors (Lipinski definition) is 1. The van der Waals surface area contributed by atoms with Gasteiger partial charge in [0.2, 0.25) is 11.7 Å². The largest absolute Gasteiger partial charge is 0.481 e. The van der Waals surface area contributed by atoms with Gasteiger partial charge in [-0.2, -0.15) is 4.98 Å². The summed E-state index contributed by atoms with van der Waals surface area (Å²) in [6, 6.07) is 12.5. The quantitative estimate of drug-likeness (QED) is 0.712. The number of aromatic nitrogens is 2. The van der Waals surface area contributed by atoms with Crippen LogP contribution in [0.25, 0.3) is 11.4 Å². The maximum atomic E-state index is 12.9. The molecule has 0 aliphatic heterocycles. The molecule has 1 amide bonds. The first-order valence-electron chi connectivity index (χ1n) is 7.80. The average Bonchev–Trinajstić information content (AvgIpc) is 3.10. The summed E-state index contributed by atoms with van der Waals surface area (Å²) < 4.78 is 23.4. The molecular weight excluding hydrogens is 361 g/mol. The van der Waals surface area contributed by atoms with Crippen molar-refractivity contribution in [1.29, 1.82) is 0 Å². The second kappa shape index (κ2) is 7.97. The van der Waals surface area contributed by atoms with Crippen LogP contribution in [0.2, 0.25) is 5.02 Å². The highest BCUT2D eigenvalue weighted by Gasteiger charge is 2.17. The van der Waals surface area contributed by atoms with Gasteiger partial charge in [-0.1, -0.05) is 28.9 Å². The van der Waals surface area contributed by atoms with E-state index in [1.165, 1.54) is 24.3 Å². The molecule has 0 radical (unpaired) electrons. The zero-order valence-corrected chi connectivity index (χ0v) is 14.5. The van der Waals surface area contributed by atoms with Crippen LogP contribution in [-0.4, -0.2) is 22.2 Å². The molecule has 0 fully saturated rings. The summed E-state index contributed by atoms with van der Waals surface area (Å²) in [5, 5.41) is 7.00. The first-order valence-corrected chi connectivity index (χ1v) is 8.18. The number of nitrogens with zero attached hydrogens (tertiary/aromatic N) is 2. The zero-order valence-electron chi connectivity index (χ0n) is 13.8. The van der Waals surface area contributed by atoms with Crippen molar-refractivity contribution in [1.82, 2.24) is 15.5 Å². The van der Waals surface area contributed by atoms with E-state index < -0.39 is 6.10 Å². The fourth-order valence-corrected chi connectivity index (χ4v) is 2.38. The smallest absolute Gasteiger partial charge is 0.261 e. The van der Waals surface area contributed by atoms with E-state index in [9.17, 15) is 9.18 Å². The van der Waals surface area contributed by atoms with Crippen LogP contribution < -0.4 is 10.1 Å². The van der Waals surface area contributed by atoms with Crippen molar-refractivity contribution in [3.63, 3.8) is 0 Å². The van der Waals surface area contributed by atoms with Crippen molar-refractivity contribution >= 4 is 17.5 Å². The van der Waals surface area contributed by atoms with E-state index in [1.54, 1.807) is 25.1 Å². The van der Waals surface area contributed by atoms with E-state index in [2.05, 4.69) is 15.5 Å². The lowest BCUT2D eigenvalue weighted by Crippen LogP contribution is -2.35. The van der Waals surface area contributed by atoms with Crippen molar-refractivity contribution in [2.24, 2.45) is 0 Å². The molecule has 134 valence electrons. The number of amides is 1. The van der Waals surface area contributed by atoms with Gasteiger partial charge in [0.25, 0.3) is 5.91 Å². The van der Waals surface area contributed by atoms with E-state index in [-0.39, 0.29) is 24.2 Å². The topological polar surface area (TPSA) is 77.2 Å². The van der Waals surface area contributed by atoms with Crippen molar-refractivity contribution in [2.75, 3.05) is 0 Å². The number of hydrogen-bond acceptors (Lipinski definition) is 5. The summed E-state index contributed by atoms with van der Waals surface area (Å²) in [5.41, 5.74) is 0.642. The second-order valence-corrected chi connectivity index (χ2v) is 5.83. The Bertz CT molecular complexity index is 899. The minimum atomic E-state index is -0.772. The summed E-state index contributed by atoms with van der Waals surface area (Å²) in [7, 11) is 0. The molecule has 1 unspecified atom stereocenters. The Hall–Kier alpha value is -2.93. The molecule has 1 atom stereocenters. The standard InChI is InChI=1S/C18H15ClFN3O3/c1-11(25-13-8-6-12(20)7-9-13)18(24)21-10-16-22-17(23-26-16)14-4-2-3-5-15(14)19/h2-9,11H,10H2,1H3,(H,21,24). The third kappa shape index (κ3) is 4.37. The summed E-state index contributed by atoms with van der Waals surface area (Å²) in [5.74, 6) is 0.234. The van der Waals surface area contributed by atoms with Crippen LogP contribution in [-0.2, 0) is 11.3 Å².